The van der Waals surface area contributed by atoms with Gasteiger partial charge in [0, 0.05) is 50.4 Å². The molecule has 6 nitrogen and oxygen atoms in total. The van der Waals surface area contributed by atoms with Crippen LogP contribution in [0.25, 0.3) is 0 Å². The van der Waals surface area contributed by atoms with Crippen LogP contribution in [-0.2, 0) is 14.3 Å². The number of fused-ring (bicyclic) bond motifs is 4. The fourth-order valence-electron chi connectivity index (χ4n) is 5.64. The van der Waals surface area contributed by atoms with E-state index in [9.17, 15) is 9.59 Å². The summed E-state index contributed by atoms with van der Waals surface area (Å²) in [7, 11) is 0. The number of likely N-dealkylation sites (tertiary alicyclic amines) is 1. The second-order valence-electron chi connectivity index (χ2n) is 10.4. The van der Waals surface area contributed by atoms with Gasteiger partial charge in [-0.25, -0.2) is 0 Å². The molecule has 0 aliphatic carbocycles. The van der Waals surface area contributed by atoms with E-state index in [4.69, 9.17) is 9.47 Å². The molecule has 4 rings (SSSR count). The second kappa shape index (κ2) is 9.42. The molecule has 32 heavy (non-hydrogen) atoms. The van der Waals surface area contributed by atoms with Gasteiger partial charge in [0.25, 0.3) is 0 Å². The summed E-state index contributed by atoms with van der Waals surface area (Å²) in [5, 5.41) is 2.81. The molecule has 6 heteroatoms. The predicted molar refractivity (Wildman–Crippen MR) is 123 cm³/mol. The highest BCUT2D eigenvalue weighted by Gasteiger charge is 2.51. The van der Waals surface area contributed by atoms with E-state index < -0.39 is 0 Å². The van der Waals surface area contributed by atoms with E-state index >= 15 is 0 Å². The van der Waals surface area contributed by atoms with Crippen LogP contribution in [0.15, 0.2) is 18.2 Å². The Morgan fingerprint density at radius 3 is 2.81 bits per heavy atom. The summed E-state index contributed by atoms with van der Waals surface area (Å²) in [5.41, 5.74) is 2.08. The Morgan fingerprint density at radius 2 is 2.03 bits per heavy atom. The minimum atomic E-state index is -0.295. The molecule has 1 aromatic carbocycles. The molecule has 3 heterocycles. The summed E-state index contributed by atoms with van der Waals surface area (Å²) in [6.45, 7) is 10.2. The molecule has 0 unspecified atom stereocenters. The molecule has 0 bridgehead atoms. The quantitative estimate of drug-likeness (QED) is 0.672. The zero-order valence-corrected chi connectivity index (χ0v) is 20.0. The summed E-state index contributed by atoms with van der Waals surface area (Å²) >= 11 is 0. The highest BCUT2D eigenvalue weighted by molar-refractivity contribution is 5.76. The smallest absolute Gasteiger partial charge is 0.222 e. The first-order valence-corrected chi connectivity index (χ1v) is 12.2. The van der Waals surface area contributed by atoms with Gasteiger partial charge in [-0.2, -0.15) is 0 Å². The molecular weight excluding hydrogens is 404 g/mol. The number of aryl methyl sites for hydroxylation is 1. The van der Waals surface area contributed by atoms with E-state index in [0.29, 0.717) is 18.9 Å². The number of carbonyl (C=O) groups is 2. The predicted octanol–water partition coefficient (Wildman–Crippen LogP) is 4.16. The number of rotatable bonds is 6. The molecule has 0 saturated carbocycles. The van der Waals surface area contributed by atoms with E-state index in [0.717, 1.165) is 50.9 Å². The Labute approximate surface area is 192 Å². The van der Waals surface area contributed by atoms with Crippen molar-refractivity contribution in [2.24, 2.45) is 11.8 Å². The molecule has 2 fully saturated rings. The Bertz CT molecular complexity index is 852. The number of nitrogens with zero attached hydrogens (tertiary/aromatic N) is 1. The lowest BCUT2D eigenvalue weighted by atomic mass is 9.70. The van der Waals surface area contributed by atoms with Crippen LogP contribution in [0.3, 0.4) is 0 Å². The van der Waals surface area contributed by atoms with Crippen molar-refractivity contribution in [3.63, 3.8) is 0 Å². The fraction of sp³-hybridized carbons (Fsp3) is 0.692. The van der Waals surface area contributed by atoms with Crippen LogP contribution in [0, 0.1) is 18.8 Å². The van der Waals surface area contributed by atoms with Crippen LogP contribution < -0.4 is 10.1 Å². The number of amides is 2. The van der Waals surface area contributed by atoms with Crippen molar-refractivity contribution in [2.45, 2.75) is 84.0 Å². The molecule has 4 atom stereocenters. The minimum Gasteiger partial charge on any atom is -0.487 e. The number of ether oxygens (including phenoxy) is 2. The number of benzene rings is 1. The van der Waals surface area contributed by atoms with E-state index in [-0.39, 0.29) is 35.5 Å². The largest absolute Gasteiger partial charge is 0.487 e. The molecule has 3 aliphatic heterocycles. The van der Waals surface area contributed by atoms with Gasteiger partial charge in [0.05, 0.1) is 12.2 Å². The van der Waals surface area contributed by atoms with Crippen molar-refractivity contribution >= 4 is 11.8 Å². The van der Waals surface area contributed by atoms with Crippen LogP contribution in [0.2, 0.25) is 0 Å². The lowest BCUT2D eigenvalue weighted by Crippen LogP contribution is -2.56. The van der Waals surface area contributed by atoms with Gasteiger partial charge in [-0.1, -0.05) is 18.6 Å². The first kappa shape index (κ1) is 23.1. The zero-order chi connectivity index (χ0) is 22.9. The summed E-state index contributed by atoms with van der Waals surface area (Å²) < 4.78 is 13.2. The third-order valence-electron chi connectivity index (χ3n) is 7.44. The molecule has 0 aromatic heterocycles. The molecule has 2 saturated heterocycles. The Hall–Kier alpha value is -2.08. The van der Waals surface area contributed by atoms with Gasteiger partial charge >= 0.3 is 0 Å². The third-order valence-corrected chi connectivity index (χ3v) is 7.44. The summed E-state index contributed by atoms with van der Waals surface area (Å²) in [5.74, 6) is 1.86. The maximum absolute atomic E-state index is 12.8. The first-order valence-electron chi connectivity index (χ1n) is 12.2. The van der Waals surface area contributed by atoms with Crippen molar-refractivity contribution in [1.29, 1.82) is 0 Å². The van der Waals surface area contributed by atoms with Gasteiger partial charge in [-0.15, -0.1) is 0 Å². The van der Waals surface area contributed by atoms with Crippen molar-refractivity contribution in [1.82, 2.24) is 10.2 Å². The monoisotopic (exact) mass is 442 g/mol. The number of nitrogens with one attached hydrogen (secondary N) is 1. The maximum Gasteiger partial charge on any atom is 0.222 e. The Balaban J connectivity index is 1.33. The average Bonchev–Trinajstić information content (AvgIpc) is 2.74. The zero-order valence-electron chi connectivity index (χ0n) is 20.0. The third kappa shape index (κ3) is 4.95. The highest BCUT2D eigenvalue weighted by Crippen LogP contribution is 2.53. The van der Waals surface area contributed by atoms with Crippen molar-refractivity contribution in [3.8, 4) is 5.75 Å². The number of carbonyl (C=O) groups excluding carboxylic acids is 2. The fourth-order valence-corrected chi connectivity index (χ4v) is 5.64. The van der Waals surface area contributed by atoms with Gasteiger partial charge in [0.15, 0.2) is 0 Å². The summed E-state index contributed by atoms with van der Waals surface area (Å²) in [6.07, 6.45) is 5.56. The van der Waals surface area contributed by atoms with E-state index in [1.807, 2.05) is 4.90 Å². The standard InChI is InChI=1S/C26H38N2O4/c1-17-9-10-20-23(14-17)32-26(3,4)21-15-19-16-28(13-11-22(19)31-25(20)21)24(30)8-6-5-7-12-27-18(2)29/h9-10,14,19,21-22,25H,5-8,11-13,15-16H2,1-4H3,(H,27,29)/t19-,21+,22+,25-/m1/s1. The number of hydrogen-bond donors (Lipinski definition) is 1. The highest BCUT2D eigenvalue weighted by atomic mass is 16.5. The minimum absolute atomic E-state index is 0.00559. The van der Waals surface area contributed by atoms with Crippen molar-refractivity contribution < 1.29 is 19.1 Å². The van der Waals surface area contributed by atoms with Crippen LogP contribution in [0.1, 0.15) is 76.5 Å². The molecule has 1 N–H and O–H groups in total. The maximum atomic E-state index is 12.8. The van der Waals surface area contributed by atoms with Gasteiger partial charge in [0.2, 0.25) is 11.8 Å². The molecule has 3 aliphatic rings. The summed E-state index contributed by atoms with van der Waals surface area (Å²) in [6, 6.07) is 6.44. The lowest BCUT2D eigenvalue weighted by Gasteiger charge is -2.53. The molecule has 176 valence electrons. The normalized spacial score (nSPS) is 28.1. The first-order chi connectivity index (χ1) is 15.2. The topological polar surface area (TPSA) is 67.9 Å². The van der Waals surface area contributed by atoms with Crippen LogP contribution >= 0.6 is 0 Å². The van der Waals surface area contributed by atoms with E-state index in [2.05, 4.69) is 44.3 Å². The van der Waals surface area contributed by atoms with Crippen LogP contribution in [-0.4, -0.2) is 48.1 Å². The van der Waals surface area contributed by atoms with Gasteiger partial charge in [-0.05, 0) is 58.1 Å². The van der Waals surface area contributed by atoms with Gasteiger partial charge < -0.3 is 19.7 Å². The molecule has 1 aromatic rings. The SMILES string of the molecule is CC(=O)NCCCCCC(=O)N1CC[C@@H]2O[C@@H]3c4ccc(C)cc4OC(C)(C)[C@H]3C[C@@H]2C1. The molecule has 0 spiro atoms. The molecule has 2 amide bonds. The van der Waals surface area contributed by atoms with Crippen LogP contribution in [0.5, 0.6) is 5.75 Å². The summed E-state index contributed by atoms with van der Waals surface area (Å²) in [4.78, 5) is 25.8. The number of unbranched alkanes of at least 4 members (excludes halogenated alkanes) is 2. The van der Waals surface area contributed by atoms with E-state index in [1.165, 1.54) is 18.1 Å². The second-order valence-corrected chi connectivity index (χ2v) is 10.4. The van der Waals surface area contributed by atoms with Crippen molar-refractivity contribution in [2.75, 3.05) is 19.6 Å². The number of hydrogen-bond acceptors (Lipinski definition) is 4. The molecule has 0 radical (unpaired) electrons. The molecular formula is C26H38N2O4. The van der Waals surface area contributed by atoms with Crippen molar-refractivity contribution in [3.05, 3.63) is 29.3 Å². The number of piperidine rings is 1. The Kier molecular flexibility index (Phi) is 6.80. The Morgan fingerprint density at radius 1 is 1.22 bits per heavy atom. The van der Waals surface area contributed by atoms with Gasteiger partial charge in [-0.3, -0.25) is 9.59 Å². The lowest BCUT2D eigenvalue weighted by molar-refractivity contribution is -0.188. The average molecular weight is 443 g/mol. The van der Waals surface area contributed by atoms with Crippen LogP contribution in [0.4, 0.5) is 0 Å². The van der Waals surface area contributed by atoms with E-state index in [1.54, 1.807) is 0 Å². The van der Waals surface area contributed by atoms with Gasteiger partial charge in [0.1, 0.15) is 11.4 Å².